The van der Waals surface area contributed by atoms with Gasteiger partial charge in [-0.05, 0) is 17.5 Å². The Hall–Kier alpha value is -3.21. The summed E-state index contributed by atoms with van der Waals surface area (Å²) in [6, 6.07) is 21.3. The molecule has 0 aliphatic carbocycles. The van der Waals surface area contributed by atoms with Gasteiger partial charge in [0.2, 0.25) is 0 Å². The first-order valence-corrected chi connectivity index (χ1v) is 8.79. The van der Waals surface area contributed by atoms with E-state index in [4.69, 9.17) is 0 Å². The number of hydrogen-bond donors (Lipinski definition) is 1. The lowest BCUT2D eigenvalue weighted by atomic mass is 9.88. The Labute approximate surface area is 152 Å². The number of benzene rings is 2. The Morgan fingerprint density at radius 2 is 1.58 bits per heavy atom. The smallest absolute Gasteiger partial charge is 0.163 e. The molecule has 5 nitrogen and oxygen atoms in total. The first-order valence-electron chi connectivity index (χ1n) is 8.79. The minimum Gasteiger partial charge on any atom is -0.369 e. The molecule has 130 valence electrons. The second kappa shape index (κ2) is 7.35. The summed E-state index contributed by atoms with van der Waals surface area (Å²) in [6.07, 6.45) is 4.36. The number of anilines is 1. The lowest BCUT2D eigenvalue weighted by molar-refractivity contribution is 0.743. The number of nitrogens with zero attached hydrogens (tertiary/aromatic N) is 4. The van der Waals surface area contributed by atoms with E-state index in [1.807, 2.05) is 13.2 Å². The van der Waals surface area contributed by atoms with Crippen LogP contribution in [-0.2, 0) is 7.05 Å². The van der Waals surface area contributed by atoms with Gasteiger partial charge in [0.15, 0.2) is 5.65 Å². The van der Waals surface area contributed by atoms with Crippen LogP contribution in [0, 0.1) is 0 Å². The van der Waals surface area contributed by atoms with E-state index in [1.165, 1.54) is 11.1 Å². The van der Waals surface area contributed by atoms with Crippen molar-refractivity contribution >= 4 is 16.9 Å². The lowest BCUT2D eigenvalue weighted by Crippen LogP contribution is -2.10. The van der Waals surface area contributed by atoms with Crippen molar-refractivity contribution in [3.8, 4) is 0 Å². The number of hydrogen-bond acceptors (Lipinski definition) is 4. The molecule has 1 N–H and O–H groups in total. The Morgan fingerprint density at radius 1 is 0.923 bits per heavy atom. The van der Waals surface area contributed by atoms with E-state index in [9.17, 15) is 0 Å². The molecule has 26 heavy (non-hydrogen) atoms. The molecular formula is C21H21N5. The second-order valence-electron chi connectivity index (χ2n) is 6.32. The average Bonchev–Trinajstić information content (AvgIpc) is 3.08. The van der Waals surface area contributed by atoms with Gasteiger partial charge in [-0.1, -0.05) is 60.7 Å². The van der Waals surface area contributed by atoms with Gasteiger partial charge >= 0.3 is 0 Å². The Morgan fingerprint density at radius 3 is 2.23 bits per heavy atom. The van der Waals surface area contributed by atoms with Crippen LogP contribution < -0.4 is 5.32 Å². The monoisotopic (exact) mass is 343 g/mol. The quantitative estimate of drug-likeness (QED) is 0.575. The molecule has 2 aromatic carbocycles. The van der Waals surface area contributed by atoms with Crippen molar-refractivity contribution in [1.82, 2.24) is 19.7 Å². The minimum absolute atomic E-state index is 0.344. The van der Waals surface area contributed by atoms with Crippen molar-refractivity contribution in [1.29, 1.82) is 0 Å². The normalized spacial score (nSPS) is 11.2. The Balaban J connectivity index is 1.53. The van der Waals surface area contributed by atoms with E-state index < -0.39 is 0 Å². The third-order valence-corrected chi connectivity index (χ3v) is 4.66. The van der Waals surface area contributed by atoms with Crippen LogP contribution in [0.3, 0.4) is 0 Å². The predicted octanol–water partition coefficient (Wildman–Crippen LogP) is 4.00. The van der Waals surface area contributed by atoms with Gasteiger partial charge in [0.05, 0.1) is 11.6 Å². The largest absolute Gasteiger partial charge is 0.369 e. The molecular weight excluding hydrogens is 322 g/mol. The third-order valence-electron chi connectivity index (χ3n) is 4.66. The van der Waals surface area contributed by atoms with Gasteiger partial charge in [0, 0.05) is 19.5 Å². The number of aryl methyl sites for hydroxylation is 1. The van der Waals surface area contributed by atoms with Gasteiger partial charge < -0.3 is 5.32 Å². The van der Waals surface area contributed by atoms with Crippen LogP contribution >= 0.6 is 0 Å². The summed E-state index contributed by atoms with van der Waals surface area (Å²) in [6.45, 7) is 0.815. The highest BCUT2D eigenvalue weighted by atomic mass is 15.3. The Bertz CT molecular complexity index is 940. The van der Waals surface area contributed by atoms with E-state index in [0.717, 1.165) is 29.8 Å². The van der Waals surface area contributed by atoms with Gasteiger partial charge in [0.1, 0.15) is 12.1 Å². The maximum Gasteiger partial charge on any atom is 0.163 e. The molecule has 0 atom stereocenters. The molecule has 5 heteroatoms. The van der Waals surface area contributed by atoms with Crippen molar-refractivity contribution in [2.45, 2.75) is 12.3 Å². The summed E-state index contributed by atoms with van der Waals surface area (Å²) in [5.41, 5.74) is 3.49. The highest BCUT2D eigenvalue weighted by Crippen LogP contribution is 2.28. The molecule has 4 aromatic rings. The summed E-state index contributed by atoms with van der Waals surface area (Å²) in [5.74, 6) is 1.18. The summed E-state index contributed by atoms with van der Waals surface area (Å²) in [7, 11) is 1.89. The van der Waals surface area contributed by atoms with Crippen LogP contribution in [0.2, 0.25) is 0 Å². The molecule has 0 saturated heterocycles. The highest BCUT2D eigenvalue weighted by molar-refractivity contribution is 5.85. The van der Waals surface area contributed by atoms with Gasteiger partial charge in [-0.25, -0.2) is 9.97 Å². The molecule has 0 spiro atoms. The van der Waals surface area contributed by atoms with Crippen LogP contribution in [0.25, 0.3) is 11.0 Å². The fourth-order valence-corrected chi connectivity index (χ4v) is 3.33. The summed E-state index contributed by atoms with van der Waals surface area (Å²) >= 11 is 0. The van der Waals surface area contributed by atoms with Crippen molar-refractivity contribution in [2.75, 3.05) is 11.9 Å². The minimum atomic E-state index is 0.344. The first kappa shape index (κ1) is 16.3. The fraction of sp³-hybridized carbons (Fsp3) is 0.190. The maximum atomic E-state index is 4.39. The van der Waals surface area contributed by atoms with E-state index in [2.05, 4.69) is 81.0 Å². The first-order chi connectivity index (χ1) is 12.8. The number of fused-ring (bicyclic) bond motifs is 1. The van der Waals surface area contributed by atoms with Crippen molar-refractivity contribution in [3.63, 3.8) is 0 Å². The molecule has 0 amide bonds. The van der Waals surface area contributed by atoms with Gasteiger partial charge in [-0.3, -0.25) is 4.68 Å². The van der Waals surface area contributed by atoms with E-state index in [0.29, 0.717) is 5.92 Å². The summed E-state index contributed by atoms with van der Waals surface area (Å²) in [4.78, 5) is 8.68. The number of nitrogens with one attached hydrogen (secondary N) is 1. The van der Waals surface area contributed by atoms with Crippen LogP contribution in [-0.4, -0.2) is 26.3 Å². The lowest BCUT2D eigenvalue weighted by Gasteiger charge is -2.18. The molecule has 2 aromatic heterocycles. The SMILES string of the molecule is Cn1ncc2c(NCCC(c3ccccc3)c3ccccc3)ncnc21. The number of aromatic nitrogens is 4. The molecule has 4 rings (SSSR count). The summed E-state index contributed by atoms with van der Waals surface area (Å²) in [5, 5.41) is 8.69. The molecule has 0 unspecified atom stereocenters. The average molecular weight is 343 g/mol. The standard InChI is InChI=1S/C21H21N5/c1-26-21-19(14-25-26)20(23-15-24-21)22-13-12-18(16-8-4-2-5-9-16)17-10-6-3-7-11-17/h2-11,14-15,18H,12-13H2,1H3,(H,22,23,24). The molecule has 0 aliphatic rings. The van der Waals surface area contributed by atoms with Crippen LogP contribution in [0.15, 0.2) is 73.2 Å². The summed E-state index contributed by atoms with van der Waals surface area (Å²) < 4.78 is 1.76. The molecule has 0 fully saturated rings. The van der Waals surface area contributed by atoms with E-state index in [-0.39, 0.29) is 0 Å². The molecule has 0 bridgehead atoms. The zero-order chi connectivity index (χ0) is 17.8. The second-order valence-corrected chi connectivity index (χ2v) is 6.32. The van der Waals surface area contributed by atoms with Crippen molar-refractivity contribution in [3.05, 3.63) is 84.3 Å². The van der Waals surface area contributed by atoms with Gasteiger partial charge in [0.25, 0.3) is 0 Å². The number of rotatable bonds is 6. The topological polar surface area (TPSA) is 55.6 Å². The zero-order valence-electron chi connectivity index (χ0n) is 14.7. The fourth-order valence-electron chi connectivity index (χ4n) is 3.33. The van der Waals surface area contributed by atoms with Crippen molar-refractivity contribution < 1.29 is 0 Å². The molecule has 2 heterocycles. The van der Waals surface area contributed by atoms with Crippen LogP contribution in [0.5, 0.6) is 0 Å². The van der Waals surface area contributed by atoms with Crippen LogP contribution in [0.4, 0.5) is 5.82 Å². The van der Waals surface area contributed by atoms with Gasteiger partial charge in [-0.15, -0.1) is 0 Å². The molecule has 0 saturated carbocycles. The Kier molecular flexibility index (Phi) is 4.60. The van der Waals surface area contributed by atoms with Crippen molar-refractivity contribution in [2.24, 2.45) is 7.05 Å². The molecule has 0 aliphatic heterocycles. The zero-order valence-corrected chi connectivity index (χ0v) is 14.7. The predicted molar refractivity (Wildman–Crippen MR) is 104 cm³/mol. The maximum absolute atomic E-state index is 4.39. The van der Waals surface area contributed by atoms with E-state index >= 15 is 0 Å². The highest BCUT2D eigenvalue weighted by Gasteiger charge is 2.14. The van der Waals surface area contributed by atoms with Gasteiger partial charge in [-0.2, -0.15) is 5.10 Å². The van der Waals surface area contributed by atoms with Crippen LogP contribution in [0.1, 0.15) is 23.5 Å². The third kappa shape index (κ3) is 3.28. The molecule has 0 radical (unpaired) electrons. The van der Waals surface area contributed by atoms with E-state index in [1.54, 1.807) is 11.0 Å².